The van der Waals surface area contributed by atoms with E-state index in [0.717, 1.165) is 55.2 Å². The molecule has 228 valence electrons. The molecule has 41 heavy (non-hydrogen) atoms. The van der Waals surface area contributed by atoms with Gasteiger partial charge in [0.2, 0.25) is 0 Å². The van der Waals surface area contributed by atoms with Crippen molar-refractivity contribution in [2.24, 2.45) is 17.8 Å². The average molecular weight is 597 g/mol. The van der Waals surface area contributed by atoms with Gasteiger partial charge < -0.3 is 4.74 Å². The molecule has 2 aliphatic carbocycles. The Kier molecular flexibility index (Phi) is 9.55. The summed E-state index contributed by atoms with van der Waals surface area (Å²) >= 11 is 0. The molecule has 0 spiro atoms. The molecule has 2 nitrogen and oxygen atoms in total. The van der Waals surface area contributed by atoms with Gasteiger partial charge in [-0.1, -0.05) is 44.7 Å². The summed E-state index contributed by atoms with van der Waals surface area (Å²) in [5, 5.41) is 0. The van der Waals surface area contributed by atoms with Crippen molar-refractivity contribution in [3.63, 3.8) is 0 Å². The van der Waals surface area contributed by atoms with Crippen molar-refractivity contribution in [1.82, 2.24) is 0 Å². The van der Waals surface area contributed by atoms with E-state index in [1.807, 2.05) is 0 Å². The Morgan fingerprint density at radius 2 is 1.22 bits per heavy atom. The highest BCUT2D eigenvalue weighted by atomic mass is 19.4. The second kappa shape index (κ2) is 12.4. The summed E-state index contributed by atoms with van der Waals surface area (Å²) in [5.41, 5.74) is -2.13. The molecule has 2 aliphatic rings. The van der Waals surface area contributed by atoms with Crippen LogP contribution in [0.1, 0.15) is 93.7 Å². The van der Waals surface area contributed by atoms with Crippen LogP contribution in [-0.4, -0.2) is 6.36 Å². The number of benzene rings is 2. The largest absolute Gasteiger partial charge is 0.527 e. The Hall–Kier alpha value is -2.43. The van der Waals surface area contributed by atoms with Crippen LogP contribution in [0.3, 0.4) is 0 Å². The maximum Gasteiger partial charge on any atom is 0.527 e. The predicted molar refractivity (Wildman–Crippen MR) is 133 cm³/mol. The molecule has 0 N–H and O–H groups in total. The number of halogens is 9. The molecule has 2 saturated carbocycles. The zero-order chi connectivity index (χ0) is 30.0. The molecule has 0 aromatic heterocycles. The summed E-state index contributed by atoms with van der Waals surface area (Å²) in [6.07, 6.45) is -3.65. The topological polar surface area (TPSA) is 18.5 Å². The minimum Gasteiger partial charge on any atom is -0.429 e. The van der Waals surface area contributed by atoms with Gasteiger partial charge in [-0.15, -0.1) is 13.2 Å². The second-order valence-electron chi connectivity index (χ2n) is 11.2. The van der Waals surface area contributed by atoms with Crippen molar-refractivity contribution in [1.29, 1.82) is 0 Å². The summed E-state index contributed by atoms with van der Waals surface area (Å²) in [6.45, 7) is 2.23. The molecule has 0 atom stereocenters. The van der Waals surface area contributed by atoms with Gasteiger partial charge in [0.25, 0.3) is 0 Å². The van der Waals surface area contributed by atoms with Gasteiger partial charge in [-0.25, -0.2) is 13.5 Å². The first-order valence-corrected chi connectivity index (χ1v) is 14.0. The van der Waals surface area contributed by atoms with Crippen LogP contribution in [0.15, 0.2) is 36.4 Å². The van der Waals surface area contributed by atoms with Crippen LogP contribution in [0.25, 0.3) is 0 Å². The predicted octanol–water partition coefficient (Wildman–Crippen LogP) is 10.6. The fourth-order valence-corrected chi connectivity index (χ4v) is 6.52. The lowest BCUT2D eigenvalue weighted by Gasteiger charge is -2.38. The molecule has 4 rings (SSSR count). The van der Waals surface area contributed by atoms with E-state index in [-0.39, 0.29) is 18.1 Å². The molecule has 2 fully saturated rings. The van der Waals surface area contributed by atoms with Gasteiger partial charge in [0, 0.05) is 12.1 Å². The first-order chi connectivity index (χ1) is 19.2. The zero-order valence-electron chi connectivity index (χ0n) is 22.6. The molecule has 2 aromatic rings. The third-order valence-corrected chi connectivity index (χ3v) is 8.54. The average Bonchev–Trinajstić information content (AvgIpc) is 2.87. The van der Waals surface area contributed by atoms with Crippen LogP contribution in [-0.2, 0) is 17.0 Å². The highest BCUT2D eigenvalue weighted by Crippen LogP contribution is 2.45. The van der Waals surface area contributed by atoms with Crippen LogP contribution in [0.4, 0.5) is 39.5 Å². The van der Waals surface area contributed by atoms with Gasteiger partial charge >= 0.3 is 18.6 Å². The van der Waals surface area contributed by atoms with Crippen LogP contribution in [0.5, 0.6) is 5.75 Å². The third-order valence-electron chi connectivity index (χ3n) is 8.54. The van der Waals surface area contributed by atoms with Crippen molar-refractivity contribution in [2.75, 3.05) is 0 Å². The minimum atomic E-state index is -5.91. The van der Waals surface area contributed by atoms with E-state index in [0.29, 0.717) is 5.92 Å². The fraction of sp³-hybridized carbons (Fsp3) is 0.600. The van der Waals surface area contributed by atoms with E-state index in [2.05, 4.69) is 16.4 Å². The summed E-state index contributed by atoms with van der Waals surface area (Å²) in [4.78, 5) is 0. The first-order valence-electron chi connectivity index (χ1n) is 14.0. The Bertz CT molecular complexity index is 1120. The van der Waals surface area contributed by atoms with Gasteiger partial charge in [0.15, 0.2) is 0 Å². The maximum absolute atomic E-state index is 14.8. The number of hydrogen-bond acceptors (Lipinski definition) is 2. The van der Waals surface area contributed by atoms with Crippen molar-refractivity contribution in [3.05, 3.63) is 64.7 Å². The van der Waals surface area contributed by atoms with Gasteiger partial charge in [0.1, 0.15) is 22.9 Å². The van der Waals surface area contributed by atoms with Crippen molar-refractivity contribution in [2.45, 2.75) is 95.6 Å². The Balaban J connectivity index is 1.36. The van der Waals surface area contributed by atoms with Crippen LogP contribution >= 0.6 is 0 Å². The summed E-state index contributed by atoms with van der Waals surface area (Å²) < 4.78 is 129. The monoisotopic (exact) mass is 596 g/mol. The third kappa shape index (κ3) is 7.90. The molecule has 0 bridgehead atoms. The van der Waals surface area contributed by atoms with Gasteiger partial charge in [-0.05, 0) is 79.9 Å². The standard InChI is InChI=1S/C30H33F9O2/c1-2-3-18-4-6-19(7-5-18)20-8-10-21(11-9-20)22-12-14-23(15-13-22)28(33,34)40-24-16-25(31)27(26(32)17-24)29(35,36)41-30(37,38)39/h12-21H,2-11H2,1H3. The molecule has 0 unspecified atom stereocenters. The molecular weight excluding hydrogens is 563 g/mol. The van der Waals surface area contributed by atoms with E-state index in [1.165, 1.54) is 38.5 Å². The number of rotatable bonds is 9. The highest BCUT2D eigenvalue weighted by molar-refractivity contribution is 5.34. The van der Waals surface area contributed by atoms with Gasteiger partial charge in [-0.3, -0.25) is 0 Å². The summed E-state index contributed by atoms with van der Waals surface area (Å²) in [7, 11) is 0. The molecular formula is C30H33F9O2. The van der Waals surface area contributed by atoms with Crippen molar-refractivity contribution in [3.8, 4) is 5.75 Å². The Morgan fingerprint density at radius 3 is 1.71 bits per heavy atom. The van der Waals surface area contributed by atoms with E-state index in [4.69, 9.17) is 0 Å². The quantitative estimate of drug-likeness (QED) is 0.268. The van der Waals surface area contributed by atoms with E-state index >= 15 is 0 Å². The minimum absolute atomic E-state index is 0.0525. The Labute approximate surface area is 233 Å². The lowest BCUT2D eigenvalue weighted by molar-refractivity contribution is -0.432. The summed E-state index contributed by atoms with van der Waals surface area (Å²) in [5.74, 6) is -3.15. The lowest BCUT2D eigenvalue weighted by atomic mass is 9.68. The lowest BCUT2D eigenvalue weighted by Crippen LogP contribution is -2.30. The number of alkyl halides is 7. The second-order valence-corrected chi connectivity index (χ2v) is 11.2. The number of ether oxygens (including phenoxy) is 2. The highest BCUT2D eigenvalue weighted by Gasteiger charge is 2.50. The van der Waals surface area contributed by atoms with E-state index in [1.54, 1.807) is 12.1 Å². The smallest absolute Gasteiger partial charge is 0.429 e. The van der Waals surface area contributed by atoms with Gasteiger partial charge in [0.05, 0.1) is 5.56 Å². The van der Waals surface area contributed by atoms with Crippen LogP contribution in [0, 0.1) is 29.4 Å². The zero-order valence-corrected chi connectivity index (χ0v) is 22.6. The van der Waals surface area contributed by atoms with Crippen LogP contribution < -0.4 is 4.74 Å². The molecule has 11 heteroatoms. The van der Waals surface area contributed by atoms with E-state index < -0.39 is 47.1 Å². The molecule has 0 amide bonds. The Morgan fingerprint density at radius 1 is 0.707 bits per heavy atom. The van der Waals surface area contributed by atoms with E-state index in [9.17, 15) is 39.5 Å². The van der Waals surface area contributed by atoms with Crippen molar-refractivity contribution < 1.29 is 49.0 Å². The summed E-state index contributed by atoms with van der Waals surface area (Å²) in [6, 6.07) is 5.25. The molecule has 0 aliphatic heterocycles. The maximum atomic E-state index is 14.8. The molecule has 0 heterocycles. The SMILES string of the molecule is CCCC1CCC(C2CCC(c3ccc(C(F)(F)Oc4cc(F)c(C(F)(F)OC(F)(F)F)c(F)c4)cc3)CC2)CC1. The van der Waals surface area contributed by atoms with Crippen molar-refractivity contribution >= 4 is 0 Å². The normalized spacial score (nSPS) is 24.3. The molecule has 0 radical (unpaired) electrons. The number of hydrogen-bond donors (Lipinski definition) is 0. The fourth-order valence-electron chi connectivity index (χ4n) is 6.52. The first kappa shape index (κ1) is 31.5. The van der Waals surface area contributed by atoms with Gasteiger partial charge in [-0.2, -0.15) is 17.6 Å². The van der Waals surface area contributed by atoms with Crippen LogP contribution in [0.2, 0.25) is 0 Å². The molecule has 2 aromatic carbocycles. The molecule has 0 saturated heterocycles.